The molecule has 0 bridgehead atoms. The van der Waals surface area contributed by atoms with Gasteiger partial charge in [-0.3, -0.25) is 4.79 Å². The molecule has 1 aromatic rings. The number of amides is 1. The Kier molecular flexibility index (Phi) is 3.09. The van der Waals surface area contributed by atoms with E-state index >= 15 is 0 Å². The highest BCUT2D eigenvalue weighted by Gasteiger charge is 2.11. The summed E-state index contributed by atoms with van der Waals surface area (Å²) in [5.41, 5.74) is 0.816. The first-order valence-electron chi connectivity index (χ1n) is 4.38. The summed E-state index contributed by atoms with van der Waals surface area (Å²) >= 11 is 1.66. The first-order valence-corrected chi connectivity index (χ1v) is 5.20. The summed E-state index contributed by atoms with van der Waals surface area (Å²) in [7, 11) is 0. The number of rotatable bonds is 2. The minimum absolute atomic E-state index is 0.0388. The van der Waals surface area contributed by atoms with Crippen LogP contribution in [0.4, 0.5) is 0 Å². The predicted molar refractivity (Wildman–Crippen MR) is 56.4 cm³/mol. The molecule has 0 aliphatic heterocycles. The maximum Gasteiger partial charge on any atom is 0.252 e. The first kappa shape index (κ1) is 10.3. The van der Waals surface area contributed by atoms with Gasteiger partial charge in [-0.15, -0.1) is 11.3 Å². The number of carbonyl (C=O) groups is 1. The van der Waals surface area contributed by atoms with Gasteiger partial charge < -0.3 is 5.32 Å². The zero-order valence-electron chi connectivity index (χ0n) is 8.47. The Labute approximate surface area is 83.0 Å². The highest BCUT2D eigenvalue weighted by molar-refractivity contribution is 7.12. The van der Waals surface area contributed by atoms with E-state index in [0.29, 0.717) is 0 Å². The van der Waals surface area contributed by atoms with Crippen molar-refractivity contribution in [1.82, 2.24) is 5.32 Å². The Bertz CT molecular complexity index is 315. The van der Waals surface area contributed by atoms with E-state index in [-0.39, 0.29) is 11.9 Å². The SMILES string of the molecule is Cc1cc(C(=O)NC(C)C)c(C)s1. The fourth-order valence-corrected chi connectivity index (χ4v) is 2.12. The van der Waals surface area contributed by atoms with Gasteiger partial charge in [-0.25, -0.2) is 0 Å². The highest BCUT2D eigenvalue weighted by atomic mass is 32.1. The third-order valence-corrected chi connectivity index (χ3v) is 2.67. The zero-order chi connectivity index (χ0) is 10.0. The van der Waals surface area contributed by atoms with E-state index in [1.54, 1.807) is 11.3 Å². The van der Waals surface area contributed by atoms with E-state index in [2.05, 4.69) is 5.32 Å². The van der Waals surface area contributed by atoms with Crippen LogP contribution in [0.25, 0.3) is 0 Å². The van der Waals surface area contributed by atoms with Crippen molar-refractivity contribution >= 4 is 17.2 Å². The third-order valence-electron chi connectivity index (χ3n) is 1.71. The molecular weight excluding hydrogens is 182 g/mol. The predicted octanol–water partition coefficient (Wildman–Crippen LogP) is 2.50. The average molecular weight is 197 g/mol. The smallest absolute Gasteiger partial charge is 0.252 e. The lowest BCUT2D eigenvalue weighted by Gasteiger charge is -2.07. The van der Waals surface area contributed by atoms with Gasteiger partial charge in [0.1, 0.15) is 0 Å². The maximum atomic E-state index is 11.6. The van der Waals surface area contributed by atoms with Gasteiger partial charge in [0, 0.05) is 15.8 Å². The van der Waals surface area contributed by atoms with Crippen molar-refractivity contribution in [2.45, 2.75) is 33.7 Å². The molecule has 0 spiro atoms. The normalized spacial score (nSPS) is 10.5. The minimum atomic E-state index is 0.0388. The molecule has 0 saturated carbocycles. The standard InChI is InChI=1S/C10H15NOS/c1-6(2)11-10(12)9-5-7(3)13-8(9)4/h5-6H,1-4H3,(H,11,12). The van der Waals surface area contributed by atoms with Crippen LogP contribution in [-0.4, -0.2) is 11.9 Å². The quantitative estimate of drug-likeness (QED) is 0.775. The molecule has 0 radical (unpaired) electrons. The molecule has 1 aromatic heterocycles. The first-order chi connectivity index (χ1) is 6.00. The fraction of sp³-hybridized carbons (Fsp3) is 0.500. The zero-order valence-corrected chi connectivity index (χ0v) is 9.29. The molecule has 0 unspecified atom stereocenters. The molecular formula is C10H15NOS. The summed E-state index contributed by atoms with van der Waals surface area (Å²) in [6.45, 7) is 7.93. The Hall–Kier alpha value is -0.830. The molecule has 0 saturated heterocycles. The number of thiophene rings is 1. The lowest BCUT2D eigenvalue weighted by Crippen LogP contribution is -2.30. The van der Waals surface area contributed by atoms with Crippen molar-refractivity contribution in [3.05, 3.63) is 21.4 Å². The van der Waals surface area contributed by atoms with Crippen LogP contribution in [0.3, 0.4) is 0 Å². The molecule has 13 heavy (non-hydrogen) atoms. The lowest BCUT2D eigenvalue weighted by atomic mass is 10.2. The average Bonchev–Trinajstić information content (AvgIpc) is 2.28. The van der Waals surface area contributed by atoms with E-state index < -0.39 is 0 Å². The lowest BCUT2D eigenvalue weighted by molar-refractivity contribution is 0.0943. The molecule has 1 heterocycles. The van der Waals surface area contributed by atoms with Crippen molar-refractivity contribution < 1.29 is 4.79 Å². The van der Waals surface area contributed by atoms with Crippen LogP contribution < -0.4 is 5.32 Å². The number of hydrogen-bond acceptors (Lipinski definition) is 2. The van der Waals surface area contributed by atoms with Gasteiger partial charge in [-0.2, -0.15) is 0 Å². The van der Waals surface area contributed by atoms with E-state index in [0.717, 1.165) is 10.4 Å². The van der Waals surface area contributed by atoms with Crippen molar-refractivity contribution in [3.8, 4) is 0 Å². The Morgan fingerprint density at radius 3 is 2.46 bits per heavy atom. The highest BCUT2D eigenvalue weighted by Crippen LogP contribution is 2.20. The van der Waals surface area contributed by atoms with Gasteiger partial charge in [0.25, 0.3) is 5.91 Å². The van der Waals surface area contributed by atoms with Crippen LogP contribution in [0.1, 0.15) is 34.0 Å². The second-order valence-corrected chi connectivity index (χ2v) is 4.92. The number of carbonyl (C=O) groups excluding carboxylic acids is 1. The molecule has 3 heteroatoms. The monoisotopic (exact) mass is 197 g/mol. The van der Waals surface area contributed by atoms with E-state index in [4.69, 9.17) is 0 Å². The van der Waals surface area contributed by atoms with Crippen LogP contribution >= 0.6 is 11.3 Å². The number of hydrogen-bond donors (Lipinski definition) is 1. The largest absolute Gasteiger partial charge is 0.350 e. The van der Waals surface area contributed by atoms with Crippen LogP contribution in [0.5, 0.6) is 0 Å². The van der Waals surface area contributed by atoms with E-state index in [9.17, 15) is 4.79 Å². The summed E-state index contributed by atoms with van der Waals surface area (Å²) in [6.07, 6.45) is 0. The van der Waals surface area contributed by atoms with Gasteiger partial charge in [-0.1, -0.05) is 0 Å². The molecule has 0 aliphatic rings. The van der Waals surface area contributed by atoms with Gasteiger partial charge >= 0.3 is 0 Å². The summed E-state index contributed by atoms with van der Waals surface area (Å²) < 4.78 is 0. The summed E-state index contributed by atoms with van der Waals surface area (Å²) in [6, 6.07) is 2.14. The Morgan fingerprint density at radius 2 is 2.08 bits per heavy atom. The Balaban J connectivity index is 2.82. The fourth-order valence-electron chi connectivity index (χ4n) is 1.20. The minimum Gasteiger partial charge on any atom is -0.350 e. The second-order valence-electron chi connectivity index (χ2n) is 3.46. The second kappa shape index (κ2) is 3.92. The van der Waals surface area contributed by atoms with E-state index in [1.807, 2.05) is 33.8 Å². The number of nitrogens with one attached hydrogen (secondary N) is 1. The van der Waals surface area contributed by atoms with Gasteiger partial charge in [-0.05, 0) is 33.8 Å². The molecule has 1 amide bonds. The van der Waals surface area contributed by atoms with Gasteiger partial charge in [0.05, 0.1) is 5.56 Å². The van der Waals surface area contributed by atoms with Crippen LogP contribution in [0.15, 0.2) is 6.07 Å². The molecule has 72 valence electrons. The van der Waals surface area contributed by atoms with Crippen LogP contribution in [0.2, 0.25) is 0 Å². The molecule has 0 aliphatic carbocycles. The number of aryl methyl sites for hydroxylation is 2. The van der Waals surface area contributed by atoms with Crippen molar-refractivity contribution in [2.24, 2.45) is 0 Å². The van der Waals surface area contributed by atoms with Crippen molar-refractivity contribution in [2.75, 3.05) is 0 Å². The molecule has 2 nitrogen and oxygen atoms in total. The summed E-state index contributed by atoms with van der Waals surface area (Å²) in [5, 5.41) is 2.88. The Morgan fingerprint density at radius 1 is 1.46 bits per heavy atom. The topological polar surface area (TPSA) is 29.1 Å². The molecule has 0 fully saturated rings. The van der Waals surface area contributed by atoms with E-state index in [1.165, 1.54) is 4.88 Å². The maximum absolute atomic E-state index is 11.6. The van der Waals surface area contributed by atoms with Gasteiger partial charge in [0.15, 0.2) is 0 Å². The van der Waals surface area contributed by atoms with Gasteiger partial charge in [0.2, 0.25) is 0 Å². The van der Waals surface area contributed by atoms with Crippen LogP contribution in [0, 0.1) is 13.8 Å². The van der Waals surface area contributed by atoms with Crippen molar-refractivity contribution in [3.63, 3.8) is 0 Å². The summed E-state index contributed by atoms with van der Waals surface area (Å²) in [5.74, 6) is 0.0388. The molecule has 0 aromatic carbocycles. The molecule has 1 N–H and O–H groups in total. The third kappa shape index (κ3) is 2.56. The van der Waals surface area contributed by atoms with Crippen molar-refractivity contribution in [1.29, 1.82) is 0 Å². The molecule has 1 rings (SSSR count). The molecule has 0 atom stereocenters. The van der Waals surface area contributed by atoms with Crippen LogP contribution in [-0.2, 0) is 0 Å². The summed E-state index contributed by atoms with van der Waals surface area (Å²) in [4.78, 5) is 13.9.